The van der Waals surface area contributed by atoms with E-state index in [4.69, 9.17) is 23.3 Å². The van der Waals surface area contributed by atoms with Crippen LogP contribution in [0.15, 0.2) is 12.2 Å². The van der Waals surface area contributed by atoms with Crippen molar-refractivity contribution in [3.63, 3.8) is 0 Å². The van der Waals surface area contributed by atoms with E-state index >= 15 is 0 Å². The topological polar surface area (TPSA) is 97.4 Å². The largest absolute Gasteiger partial charge is 0.463 e. The van der Waals surface area contributed by atoms with Crippen molar-refractivity contribution >= 4 is 19.5 Å². The van der Waals surface area contributed by atoms with E-state index in [1.54, 1.807) is 0 Å². The van der Waals surface area contributed by atoms with Crippen LogP contribution in [0.2, 0.25) is 0 Å². The van der Waals surface area contributed by atoms with Crippen LogP contribution in [0.4, 0.5) is 0 Å². The van der Waals surface area contributed by atoms with E-state index in [1.165, 1.54) is 40.2 Å². The summed E-state index contributed by atoms with van der Waals surface area (Å²) in [6, 6.07) is 0. The molecular formula is C12H19O8P. The lowest BCUT2D eigenvalue weighted by Gasteiger charge is -2.33. The van der Waals surface area contributed by atoms with Gasteiger partial charge in [-0.2, -0.15) is 0 Å². The highest BCUT2D eigenvalue weighted by atomic mass is 31.2. The molecule has 0 aromatic carbocycles. The van der Waals surface area contributed by atoms with E-state index in [2.05, 4.69) is 0 Å². The zero-order chi connectivity index (χ0) is 16.0. The second-order valence-electron chi connectivity index (χ2n) is 4.23. The smallest absolute Gasteiger partial charge is 0.362 e. The average Bonchev–Trinajstić information content (AvgIpc) is 2.44. The average molecular weight is 322 g/mol. The second-order valence-corrected chi connectivity index (χ2v) is 6.55. The number of rotatable bonds is 6. The van der Waals surface area contributed by atoms with Crippen molar-refractivity contribution in [3.05, 3.63) is 12.2 Å². The summed E-state index contributed by atoms with van der Waals surface area (Å²) in [4.78, 5) is 22.0. The van der Waals surface area contributed by atoms with E-state index in [9.17, 15) is 14.2 Å². The molecule has 8 nitrogen and oxygen atoms in total. The molecule has 0 radical (unpaired) electrons. The molecule has 3 atom stereocenters. The lowest BCUT2D eigenvalue weighted by Crippen LogP contribution is -2.41. The van der Waals surface area contributed by atoms with E-state index in [1.807, 2.05) is 0 Å². The maximum Gasteiger partial charge on any atom is 0.362 e. The van der Waals surface area contributed by atoms with Crippen molar-refractivity contribution in [3.8, 4) is 0 Å². The molecule has 0 aliphatic carbocycles. The molecule has 0 aromatic heterocycles. The Hall–Kier alpha value is -1.21. The van der Waals surface area contributed by atoms with Gasteiger partial charge in [0.25, 0.3) is 0 Å². The minimum Gasteiger partial charge on any atom is -0.463 e. The molecule has 0 unspecified atom stereocenters. The molecule has 1 aliphatic heterocycles. The van der Waals surface area contributed by atoms with Crippen LogP contribution >= 0.6 is 7.60 Å². The number of esters is 2. The highest BCUT2D eigenvalue weighted by molar-refractivity contribution is 7.54. The molecule has 9 heteroatoms. The van der Waals surface area contributed by atoms with Crippen molar-refractivity contribution in [2.75, 3.05) is 20.8 Å². The fourth-order valence-corrected chi connectivity index (χ4v) is 2.91. The lowest BCUT2D eigenvalue weighted by atomic mass is 10.1. The first-order valence-electron chi connectivity index (χ1n) is 6.18. The Bertz CT molecular complexity index is 452. The van der Waals surface area contributed by atoms with Crippen LogP contribution in [-0.2, 0) is 37.4 Å². The van der Waals surface area contributed by atoms with Crippen LogP contribution in [0.5, 0.6) is 0 Å². The van der Waals surface area contributed by atoms with Crippen molar-refractivity contribution in [1.29, 1.82) is 0 Å². The van der Waals surface area contributed by atoms with Gasteiger partial charge in [-0.25, -0.2) is 0 Å². The van der Waals surface area contributed by atoms with Gasteiger partial charge in [0.05, 0.1) is 0 Å². The Kier molecular flexibility index (Phi) is 6.54. The van der Waals surface area contributed by atoms with E-state index in [-0.39, 0.29) is 6.61 Å². The fraction of sp³-hybridized carbons (Fsp3) is 0.667. The van der Waals surface area contributed by atoms with Gasteiger partial charge in [0.1, 0.15) is 18.8 Å². The summed E-state index contributed by atoms with van der Waals surface area (Å²) in [6.07, 6.45) is 1.40. The molecule has 120 valence electrons. The van der Waals surface area contributed by atoms with E-state index in [0.29, 0.717) is 0 Å². The van der Waals surface area contributed by atoms with Crippen LogP contribution in [0.25, 0.3) is 0 Å². The molecule has 0 bridgehead atoms. The van der Waals surface area contributed by atoms with Gasteiger partial charge in [-0.3, -0.25) is 14.2 Å². The van der Waals surface area contributed by atoms with Gasteiger partial charge in [-0.15, -0.1) is 0 Å². The molecular weight excluding hydrogens is 303 g/mol. The first kappa shape index (κ1) is 17.8. The molecule has 0 N–H and O–H groups in total. The summed E-state index contributed by atoms with van der Waals surface area (Å²) in [5.74, 6) is -1.99. The number of carbonyl (C=O) groups is 2. The Morgan fingerprint density at radius 1 is 1.14 bits per heavy atom. The van der Waals surface area contributed by atoms with E-state index in [0.717, 1.165) is 0 Å². The molecule has 1 heterocycles. The highest BCUT2D eigenvalue weighted by Gasteiger charge is 2.40. The SMILES string of the molecule is COP(=O)(OC)[C@@H]1C=C[C@H](OC(C)=O)[C@@H](COC(C)=O)O1. The van der Waals surface area contributed by atoms with Crippen LogP contribution in [0.1, 0.15) is 13.8 Å². The Balaban J connectivity index is 2.89. The Morgan fingerprint density at radius 3 is 2.24 bits per heavy atom. The maximum atomic E-state index is 12.3. The molecule has 0 saturated carbocycles. The minimum absolute atomic E-state index is 0.151. The summed E-state index contributed by atoms with van der Waals surface area (Å²) in [6.45, 7) is 2.34. The number of hydrogen-bond acceptors (Lipinski definition) is 8. The van der Waals surface area contributed by atoms with Gasteiger partial charge in [0, 0.05) is 28.1 Å². The number of hydrogen-bond donors (Lipinski definition) is 0. The molecule has 0 fully saturated rings. The molecule has 0 aromatic rings. The van der Waals surface area contributed by atoms with Crippen molar-refractivity contribution in [2.24, 2.45) is 0 Å². The summed E-state index contributed by atoms with van der Waals surface area (Å²) in [5.41, 5.74) is 0. The Labute approximate surface area is 122 Å². The van der Waals surface area contributed by atoms with Gasteiger partial charge in [-0.1, -0.05) is 0 Å². The summed E-state index contributed by atoms with van der Waals surface area (Å²) in [7, 11) is -1.02. The summed E-state index contributed by atoms with van der Waals surface area (Å²) < 4.78 is 37.5. The molecule has 0 saturated heterocycles. The fourth-order valence-electron chi connectivity index (χ4n) is 1.73. The van der Waals surface area contributed by atoms with Crippen molar-refractivity contribution in [1.82, 2.24) is 0 Å². The predicted octanol–water partition coefficient (Wildman–Crippen LogP) is 1.25. The molecule has 0 spiro atoms. The van der Waals surface area contributed by atoms with Gasteiger partial charge in [0.2, 0.25) is 0 Å². The predicted molar refractivity (Wildman–Crippen MR) is 71.6 cm³/mol. The van der Waals surface area contributed by atoms with Crippen LogP contribution < -0.4 is 0 Å². The zero-order valence-electron chi connectivity index (χ0n) is 12.3. The van der Waals surface area contributed by atoms with Gasteiger partial charge in [0.15, 0.2) is 5.85 Å². The third-order valence-corrected chi connectivity index (χ3v) is 4.65. The summed E-state index contributed by atoms with van der Waals surface area (Å²) in [5, 5.41) is 0. The molecule has 21 heavy (non-hydrogen) atoms. The highest BCUT2D eigenvalue weighted by Crippen LogP contribution is 2.53. The van der Waals surface area contributed by atoms with Crippen molar-refractivity contribution < 1.29 is 37.4 Å². The van der Waals surface area contributed by atoms with Crippen LogP contribution in [0.3, 0.4) is 0 Å². The van der Waals surface area contributed by atoms with Crippen LogP contribution in [-0.4, -0.2) is 50.8 Å². The Morgan fingerprint density at radius 2 is 1.76 bits per heavy atom. The summed E-state index contributed by atoms with van der Waals surface area (Å²) >= 11 is 0. The first-order chi connectivity index (χ1) is 9.82. The first-order valence-corrected chi connectivity index (χ1v) is 7.79. The number of carbonyl (C=O) groups excluding carboxylic acids is 2. The minimum atomic E-state index is -3.49. The van der Waals surface area contributed by atoms with E-state index < -0.39 is 37.6 Å². The van der Waals surface area contributed by atoms with Gasteiger partial charge >= 0.3 is 19.5 Å². The lowest BCUT2D eigenvalue weighted by molar-refractivity contribution is -0.160. The number of ether oxygens (including phenoxy) is 3. The van der Waals surface area contributed by atoms with Gasteiger partial charge < -0.3 is 23.3 Å². The normalized spacial score (nSPS) is 25.4. The quantitative estimate of drug-likeness (QED) is 0.409. The third-order valence-electron chi connectivity index (χ3n) is 2.72. The monoisotopic (exact) mass is 322 g/mol. The van der Waals surface area contributed by atoms with Crippen LogP contribution in [0, 0.1) is 0 Å². The molecule has 1 rings (SSSR count). The standard InChI is InChI=1S/C12H19O8P/c1-8(13)18-7-11-10(19-9(2)14)5-6-12(20-11)21(15,16-3)17-4/h5-6,10-12H,7H2,1-4H3/t10-,11+,12+/m0/s1. The zero-order valence-corrected chi connectivity index (χ0v) is 13.2. The molecule has 0 amide bonds. The van der Waals surface area contributed by atoms with Gasteiger partial charge in [-0.05, 0) is 12.2 Å². The second kappa shape index (κ2) is 7.70. The maximum absolute atomic E-state index is 12.3. The third kappa shape index (κ3) is 4.93. The molecule has 1 aliphatic rings. The van der Waals surface area contributed by atoms with Crippen molar-refractivity contribution in [2.45, 2.75) is 31.9 Å².